The smallest absolute Gasteiger partial charge is 0.237 e. The average molecular weight is 307 g/mol. The van der Waals surface area contributed by atoms with Crippen LogP contribution >= 0.6 is 11.6 Å². The third-order valence-corrected chi connectivity index (χ3v) is 5.07. The summed E-state index contributed by atoms with van der Waals surface area (Å²) in [5.74, 6) is 0. The van der Waals surface area contributed by atoms with E-state index in [1.807, 2.05) is 13.0 Å². The second-order valence-electron chi connectivity index (χ2n) is 4.48. The van der Waals surface area contributed by atoms with Gasteiger partial charge in [0.2, 0.25) is 0 Å². The van der Waals surface area contributed by atoms with Crippen LogP contribution in [-0.4, -0.2) is 17.4 Å². The zero-order valence-electron chi connectivity index (χ0n) is 10.6. The minimum atomic E-state index is -3.74. The molecule has 102 valence electrons. The summed E-state index contributed by atoms with van der Waals surface area (Å²) in [4.78, 5) is 4.37. The van der Waals surface area contributed by atoms with E-state index in [-0.39, 0.29) is 10.0 Å². The van der Waals surface area contributed by atoms with Crippen LogP contribution in [0.3, 0.4) is 0 Å². The van der Waals surface area contributed by atoms with Crippen molar-refractivity contribution in [3.63, 3.8) is 0 Å². The van der Waals surface area contributed by atoms with Gasteiger partial charge in [0.1, 0.15) is 5.15 Å². The van der Waals surface area contributed by atoms with Crippen molar-refractivity contribution in [2.45, 2.75) is 11.8 Å². The summed E-state index contributed by atoms with van der Waals surface area (Å²) in [6, 6.07) is 11.6. The fourth-order valence-corrected chi connectivity index (χ4v) is 3.92. The molecule has 2 aromatic heterocycles. The van der Waals surface area contributed by atoms with Gasteiger partial charge in [-0.3, -0.25) is 0 Å². The standard InChI is InChI=1S/C14H11ClN2O2S/c1-10-7-11-8-13(15)17(14(11)16-9-10)20(18,19)12-5-3-2-4-6-12/h2-9H,1H3. The third-order valence-electron chi connectivity index (χ3n) is 2.97. The summed E-state index contributed by atoms with van der Waals surface area (Å²) >= 11 is 6.10. The molecule has 3 aromatic rings. The van der Waals surface area contributed by atoms with E-state index < -0.39 is 10.0 Å². The van der Waals surface area contributed by atoms with E-state index in [1.54, 1.807) is 30.5 Å². The van der Waals surface area contributed by atoms with Gasteiger partial charge in [-0.25, -0.2) is 17.4 Å². The first kappa shape index (κ1) is 13.1. The Kier molecular flexibility index (Phi) is 3.03. The molecule has 0 bridgehead atoms. The lowest BCUT2D eigenvalue weighted by Crippen LogP contribution is -2.13. The molecule has 0 aliphatic heterocycles. The van der Waals surface area contributed by atoms with Crippen molar-refractivity contribution in [3.05, 3.63) is 59.4 Å². The topological polar surface area (TPSA) is 52.0 Å². The van der Waals surface area contributed by atoms with Gasteiger partial charge in [0.05, 0.1) is 4.90 Å². The lowest BCUT2D eigenvalue weighted by molar-refractivity contribution is 0.589. The maximum atomic E-state index is 12.7. The van der Waals surface area contributed by atoms with Crippen LogP contribution in [0.25, 0.3) is 11.0 Å². The first-order chi connectivity index (χ1) is 9.50. The van der Waals surface area contributed by atoms with Crippen molar-refractivity contribution in [1.82, 2.24) is 8.96 Å². The van der Waals surface area contributed by atoms with Crippen molar-refractivity contribution in [2.24, 2.45) is 0 Å². The van der Waals surface area contributed by atoms with Crippen LogP contribution in [0.2, 0.25) is 5.15 Å². The van der Waals surface area contributed by atoms with E-state index in [0.29, 0.717) is 11.0 Å². The molecule has 20 heavy (non-hydrogen) atoms. The van der Waals surface area contributed by atoms with Gasteiger partial charge in [-0.05, 0) is 36.8 Å². The molecule has 0 aliphatic carbocycles. The number of aromatic nitrogens is 2. The van der Waals surface area contributed by atoms with Crippen LogP contribution in [0, 0.1) is 6.92 Å². The van der Waals surface area contributed by atoms with Crippen LogP contribution < -0.4 is 0 Å². The minimum Gasteiger partial charge on any atom is -0.237 e. The number of hydrogen-bond donors (Lipinski definition) is 0. The number of aryl methyl sites for hydroxylation is 1. The van der Waals surface area contributed by atoms with Gasteiger partial charge in [-0.15, -0.1) is 0 Å². The highest BCUT2D eigenvalue weighted by molar-refractivity contribution is 7.90. The van der Waals surface area contributed by atoms with E-state index >= 15 is 0 Å². The van der Waals surface area contributed by atoms with Crippen molar-refractivity contribution < 1.29 is 8.42 Å². The summed E-state index contributed by atoms with van der Waals surface area (Å²) < 4.78 is 26.4. The largest absolute Gasteiger partial charge is 0.270 e. The van der Waals surface area contributed by atoms with Crippen LogP contribution in [0.5, 0.6) is 0 Å². The Bertz CT molecular complexity index is 886. The molecule has 2 heterocycles. The average Bonchev–Trinajstić information content (AvgIpc) is 2.75. The highest BCUT2D eigenvalue weighted by Gasteiger charge is 2.22. The summed E-state index contributed by atoms with van der Waals surface area (Å²) in [6.45, 7) is 1.89. The van der Waals surface area contributed by atoms with Gasteiger partial charge in [0.25, 0.3) is 10.0 Å². The summed E-state index contributed by atoms with van der Waals surface area (Å²) in [7, 11) is -3.74. The molecule has 0 atom stereocenters. The number of halogens is 1. The number of nitrogens with zero attached hydrogens (tertiary/aromatic N) is 2. The van der Waals surface area contributed by atoms with Gasteiger partial charge in [0.15, 0.2) is 5.65 Å². The van der Waals surface area contributed by atoms with Gasteiger partial charge < -0.3 is 0 Å². The number of fused-ring (bicyclic) bond motifs is 1. The first-order valence-corrected chi connectivity index (χ1v) is 7.76. The Morgan fingerprint density at radius 3 is 2.55 bits per heavy atom. The van der Waals surface area contributed by atoms with E-state index in [2.05, 4.69) is 4.98 Å². The number of pyridine rings is 1. The predicted octanol–water partition coefficient (Wildman–Crippen LogP) is 3.24. The Morgan fingerprint density at radius 2 is 1.85 bits per heavy atom. The molecule has 3 rings (SSSR count). The molecule has 4 nitrogen and oxygen atoms in total. The predicted molar refractivity (Wildman–Crippen MR) is 78.5 cm³/mol. The van der Waals surface area contributed by atoms with Crippen molar-refractivity contribution in [3.8, 4) is 0 Å². The highest BCUT2D eigenvalue weighted by atomic mass is 35.5. The molecule has 6 heteroatoms. The maximum Gasteiger partial charge on any atom is 0.270 e. The molecule has 0 radical (unpaired) electrons. The van der Waals surface area contributed by atoms with Gasteiger partial charge >= 0.3 is 0 Å². The molecular weight excluding hydrogens is 296 g/mol. The Hall–Kier alpha value is -1.85. The van der Waals surface area contributed by atoms with E-state index in [9.17, 15) is 8.42 Å². The normalized spacial score (nSPS) is 11.9. The van der Waals surface area contributed by atoms with E-state index in [0.717, 1.165) is 9.54 Å². The van der Waals surface area contributed by atoms with E-state index in [4.69, 9.17) is 11.6 Å². The zero-order valence-corrected chi connectivity index (χ0v) is 12.2. The molecule has 0 unspecified atom stereocenters. The van der Waals surface area contributed by atoms with Gasteiger partial charge in [-0.2, -0.15) is 0 Å². The molecule has 0 saturated carbocycles. The zero-order chi connectivity index (χ0) is 14.3. The number of rotatable bonds is 2. The van der Waals surface area contributed by atoms with Gasteiger partial charge in [-0.1, -0.05) is 29.8 Å². The van der Waals surface area contributed by atoms with E-state index in [1.165, 1.54) is 12.1 Å². The van der Waals surface area contributed by atoms with Crippen molar-refractivity contribution >= 4 is 32.7 Å². The van der Waals surface area contributed by atoms with Crippen LogP contribution in [0.1, 0.15) is 5.56 Å². The van der Waals surface area contributed by atoms with Gasteiger partial charge in [0, 0.05) is 11.6 Å². The Balaban J connectivity index is 2.32. The fourth-order valence-electron chi connectivity index (χ4n) is 2.08. The Labute approximate surface area is 121 Å². The van der Waals surface area contributed by atoms with Crippen molar-refractivity contribution in [2.75, 3.05) is 0 Å². The molecular formula is C14H11ClN2O2S. The molecule has 0 N–H and O–H groups in total. The SMILES string of the molecule is Cc1cnc2c(c1)cc(Cl)n2S(=O)(=O)c1ccccc1. The minimum absolute atomic E-state index is 0.127. The summed E-state index contributed by atoms with van der Waals surface area (Å²) in [6.07, 6.45) is 1.62. The Morgan fingerprint density at radius 1 is 1.15 bits per heavy atom. The lowest BCUT2D eigenvalue weighted by Gasteiger charge is -2.08. The summed E-state index contributed by atoms with van der Waals surface area (Å²) in [5, 5.41) is 0.830. The molecule has 0 aliphatic rings. The molecule has 0 amide bonds. The van der Waals surface area contributed by atoms with Crippen LogP contribution in [0.4, 0.5) is 0 Å². The third kappa shape index (κ3) is 1.99. The van der Waals surface area contributed by atoms with Crippen molar-refractivity contribution in [1.29, 1.82) is 0 Å². The lowest BCUT2D eigenvalue weighted by atomic mass is 10.2. The quantitative estimate of drug-likeness (QED) is 0.730. The second kappa shape index (κ2) is 4.61. The monoisotopic (exact) mass is 306 g/mol. The summed E-state index contributed by atoms with van der Waals surface area (Å²) in [5.41, 5.74) is 1.29. The molecule has 0 saturated heterocycles. The van der Waals surface area contributed by atoms with Crippen LogP contribution in [0.15, 0.2) is 53.6 Å². The second-order valence-corrected chi connectivity index (χ2v) is 6.65. The maximum absolute atomic E-state index is 12.7. The first-order valence-electron chi connectivity index (χ1n) is 5.94. The fraction of sp³-hybridized carbons (Fsp3) is 0.0714. The number of hydrogen-bond acceptors (Lipinski definition) is 3. The molecule has 1 aromatic carbocycles. The molecule has 0 fully saturated rings. The molecule has 0 spiro atoms. The highest BCUT2D eigenvalue weighted by Crippen LogP contribution is 2.27. The number of benzene rings is 1. The van der Waals surface area contributed by atoms with Crippen LogP contribution in [-0.2, 0) is 10.0 Å².